The van der Waals surface area contributed by atoms with Crippen molar-refractivity contribution in [3.8, 4) is 0 Å². The van der Waals surface area contributed by atoms with E-state index in [1.54, 1.807) is 50.7 Å². The second-order valence-corrected chi connectivity index (χ2v) is 20.8. The summed E-state index contributed by atoms with van der Waals surface area (Å²) in [6.07, 6.45) is 6.30. The summed E-state index contributed by atoms with van der Waals surface area (Å²) in [7, 11) is 6.53. The molecule has 0 saturated carbocycles. The van der Waals surface area contributed by atoms with Crippen molar-refractivity contribution in [2.45, 2.75) is 169 Å². The van der Waals surface area contributed by atoms with Crippen LogP contribution < -0.4 is 5.73 Å². The van der Waals surface area contributed by atoms with E-state index in [4.69, 9.17) is 15.2 Å². The molecule has 0 radical (unpaired) electrons. The van der Waals surface area contributed by atoms with Gasteiger partial charge in [0.15, 0.2) is 5.78 Å². The Morgan fingerprint density at radius 1 is 0.851 bits per heavy atom. The first kappa shape index (κ1) is 57.5. The highest BCUT2D eigenvalue weighted by Gasteiger charge is 2.44. The SMILES string of the molecule is CC[C@H](C)[C@@H]([C@@H](CC(=O)N1CCC[C@H]1[C@H](OC)C(C)C(=O)C[C@@H](Cc1ccccc1)c1nccs1)OC)N(C)C(=O)[C@@H](CC(=O)[C@H](C(C)C)N(C)C(=O)CCC(=O)[C@@H](C)CCCCN)C(C)C. The van der Waals surface area contributed by atoms with E-state index in [1.807, 2.05) is 83.9 Å². The van der Waals surface area contributed by atoms with Gasteiger partial charge in [-0.3, -0.25) is 28.8 Å². The quantitative estimate of drug-likeness (QED) is 0.0728. The molecular formula is C53H85N5O8S. The predicted molar refractivity (Wildman–Crippen MR) is 266 cm³/mol. The Labute approximate surface area is 406 Å². The third-order valence-corrected chi connectivity index (χ3v) is 15.4. The van der Waals surface area contributed by atoms with Crippen LogP contribution in [-0.2, 0) is 44.7 Å². The van der Waals surface area contributed by atoms with Crippen molar-refractivity contribution in [1.82, 2.24) is 19.7 Å². The fourth-order valence-corrected chi connectivity index (χ4v) is 10.9. The number of benzene rings is 1. The normalized spacial score (nSPS) is 18.1. The standard InChI is InChI=1S/C53H85N5O8S/c1-13-36(6)50(57(10)53(64)41(34(2)3)32-45(61)49(35(4)5)56(9)47(62)25-24-43(59)37(7)20-17-18-26-54)46(65-11)33-48(63)58-28-19-23-42(58)51(66-12)38(8)44(60)31-40(52-55-27-29-67-52)30-39-21-15-14-16-22-39/h14-16,21-22,27,29,34-38,40-42,46,49-51H,13,17-20,23-26,28,30-33,54H2,1-12H3/t36-,37-,38?,40+,41-,42-,46+,49-,50-,51+/m0/s1. The summed E-state index contributed by atoms with van der Waals surface area (Å²) in [4.78, 5) is 93.4. The monoisotopic (exact) mass is 952 g/mol. The van der Waals surface area contributed by atoms with Crippen LogP contribution in [0.2, 0.25) is 0 Å². The highest BCUT2D eigenvalue weighted by atomic mass is 32.1. The molecule has 0 aliphatic carbocycles. The lowest BCUT2D eigenvalue weighted by molar-refractivity contribution is -0.149. The third kappa shape index (κ3) is 16.4. The number of nitrogens with zero attached hydrogens (tertiary/aromatic N) is 4. The number of aromatic nitrogens is 1. The molecule has 0 spiro atoms. The Kier molecular flexibility index (Phi) is 24.5. The number of nitrogens with two attached hydrogens (primary N) is 1. The molecule has 1 aliphatic heterocycles. The number of hydrogen-bond acceptors (Lipinski definition) is 11. The molecule has 1 saturated heterocycles. The van der Waals surface area contributed by atoms with E-state index < -0.39 is 36.1 Å². The summed E-state index contributed by atoms with van der Waals surface area (Å²) in [5.74, 6) is -2.63. The molecule has 2 N–H and O–H groups in total. The average molecular weight is 952 g/mol. The van der Waals surface area contributed by atoms with Gasteiger partial charge in [0.25, 0.3) is 0 Å². The number of methoxy groups -OCH3 is 2. The molecule has 2 heterocycles. The van der Waals surface area contributed by atoms with Crippen LogP contribution in [0, 0.1) is 35.5 Å². The number of rotatable bonds is 31. The third-order valence-electron chi connectivity index (χ3n) is 14.5. The largest absolute Gasteiger partial charge is 0.379 e. The lowest BCUT2D eigenvalue weighted by Gasteiger charge is -2.41. The first-order chi connectivity index (χ1) is 31.8. The number of hydrogen-bond donors (Lipinski definition) is 1. The number of unbranched alkanes of at least 4 members (excludes halogenated alkanes) is 1. The van der Waals surface area contributed by atoms with Crippen LogP contribution in [0.4, 0.5) is 0 Å². The topological polar surface area (TPSA) is 170 Å². The minimum Gasteiger partial charge on any atom is -0.379 e. The maximum atomic E-state index is 14.7. The number of carbonyl (C=O) groups excluding carboxylic acids is 6. The maximum Gasteiger partial charge on any atom is 0.226 e. The van der Waals surface area contributed by atoms with Gasteiger partial charge in [0, 0.05) is 95.8 Å². The molecule has 1 aromatic carbocycles. The van der Waals surface area contributed by atoms with Gasteiger partial charge >= 0.3 is 0 Å². The van der Waals surface area contributed by atoms with Crippen molar-refractivity contribution in [3.05, 3.63) is 52.5 Å². The molecule has 1 aromatic heterocycles. The number of amides is 3. The molecule has 2 aromatic rings. The zero-order valence-corrected chi connectivity index (χ0v) is 43.7. The van der Waals surface area contributed by atoms with Crippen LogP contribution in [0.1, 0.15) is 143 Å². The summed E-state index contributed by atoms with van der Waals surface area (Å²) in [5, 5.41) is 2.86. The number of likely N-dealkylation sites (tertiary alicyclic amines) is 1. The van der Waals surface area contributed by atoms with Crippen LogP contribution >= 0.6 is 11.3 Å². The minimum absolute atomic E-state index is 0.0149. The Morgan fingerprint density at radius 2 is 1.54 bits per heavy atom. The smallest absolute Gasteiger partial charge is 0.226 e. The fourth-order valence-electron chi connectivity index (χ4n) is 10.2. The van der Waals surface area contributed by atoms with Gasteiger partial charge in [0.2, 0.25) is 17.7 Å². The zero-order valence-electron chi connectivity index (χ0n) is 42.9. The molecule has 376 valence electrons. The first-order valence-electron chi connectivity index (χ1n) is 24.9. The van der Waals surface area contributed by atoms with Crippen molar-refractivity contribution in [1.29, 1.82) is 0 Å². The summed E-state index contributed by atoms with van der Waals surface area (Å²) in [5.41, 5.74) is 6.75. The summed E-state index contributed by atoms with van der Waals surface area (Å²) >= 11 is 1.56. The second-order valence-electron chi connectivity index (χ2n) is 19.9. The van der Waals surface area contributed by atoms with Gasteiger partial charge in [0.05, 0.1) is 41.8 Å². The van der Waals surface area contributed by atoms with Crippen molar-refractivity contribution in [2.75, 3.05) is 41.4 Å². The predicted octanol–water partition coefficient (Wildman–Crippen LogP) is 8.18. The molecule has 3 rings (SSSR count). The van der Waals surface area contributed by atoms with E-state index >= 15 is 0 Å². The number of Topliss-reactive ketones (excluding diaryl/α,β-unsaturated/α-hetero) is 3. The van der Waals surface area contributed by atoms with Gasteiger partial charge in [-0.1, -0.05) is 98.6 Å². The zero-order chi connectivity index (χ0) is 50.0. The van der Waals surface area contributed by atoms with Crippen molar-refractivity contribution < 1.29 is 38.2 Å². The van der Waals surface area contributed by atoms with Crippen LogP contribution in [0.15, 0.2) is 41.9 Å². The van der Waals surface area contributed by atoms with Gasteiger partial charge in [0.1, 0.15) is 11.6 Å². The lowest BCUT2D eigenvalue weighted by atomic mass is 9.83. The van der Waals surface area contributed by atoms with Gasteiger partial charge in [-0.15, -0.1) is 11.3 Å². The van der Waals surface area contributed by atoms with Gasteiger partial charge in [-0.2, -0.15) is 0 Å². The second kappa shape index (κ2) is 28.6. The Hall–Kier alpha value is -3.85. The van der Waals surface area contributed by atoms with E-state index in [0.29, 0.717) is 38.8 Å². The van der Waals surface area contributed by atoms with E-state index in [0.717, 1.165) is 36.3 Å². The molecule has 1 unspecified atom stereocenters. The molecule has 14 heteroatoms. The van der Waals surface area contributed by atoms with Crippen molar-refractivity contribution in [2.24, 2.45) is 41.2 Å². The molecule has 10 atom stereocenters. The lowest BCUT2D eigenvalue weighted by Crippen LogP contribution is -2.54. The number of ether oxygens (including phenoxy) is 2. The van der Waals surface area contributed by atoms with Crippen LogP contribution in [0.25, 0.3) is 0 Å². The summed E-state index contributed by atoms with van der Waals surface area (Å²) in [6.45, 7) is 16.6. The Balaban J connectivity index is 1.76. The van der Waals surface area contributed by atoms with E-state index in [-0.39, 0.29) is 96.4 Å². The maximum absolute atomic E-state index is 14.7. The number of carbonyl (C=O) groups is 6. The number of thiazole rings is 1. The molecule has 0 bridgehead atoms. The molecular weight excluding hydrogens is 867 g/mol. The number of likely N-dealkylation sites (N-methyl/N-ethyl adjacent to an activating group) is 2. The number of ketones is 3. The molecule has 1 fully saturated rings. The first-order valence-corrected chi connectivity index (χ1v) is 25.8. The molecule has 67 heavy (non-hydrogen) atoms. The average Bonchev–Trinajstić information content (AvgIpc) is 4.03. The molecule has 1 aliphatic rings. The van der Waals surface area contributed by atoms with Crippen LogP contribution in [0.3, 0.4) is 0 Å². The Morgan fingerprint density at radius 3 is 2.10 bits per heavy atom. The highest BCUT2D eigenvalue weighted by Crippen LogP contribution is 2.34. The van der Waals surface area contributed by atoms with Crippen LogP contribution in [0.5, 0.6) is 0 Å². The van der Waals surface area contributed by atoms with Crippen molar-refractivity contribution in [3.63, 3.8) is 0 Å². The van der Waals surface area contributed by atoms with Gasteiger partial charge in [-0.05, 0) is 62.0 Å². The highest BCUT2D eigenvalue weighted by molar-refractivity contribution is 7.09. The van der Waals surface area contributed by atoms with Gasteiger partial charge in [-0.25, -0.2) is 4.98 Å². The van der Waals surface area contributed by atoms with E-state index in [2.05, 4.69) is 17.1 Å². The van der Waals surface area contributed by atoms with Gasteiger partial charge < -0.3 is 29.9 Å². The van der Waals surface area contributed by atoms with Crippen molar-refractivity contribution >= 4 is 46.4 Å². The summed E-state index contributed by atoms with van der Waals surface area (Å²) < 4.78 is 12.2. The van der Waals surface area contributed by atoms with Crippen LogP contribution in [-0.4, -0.2) is 126 Å². The molecule has 3 amide bonds. The Bertz CT molecular complexity index is 1840. The summed E-state index contributed by atoms with van der Waals surface area (Å²) in [6, 6.07) is 8.56. The minimum atomic E-state index is -0.769. The molecule has 13 nitrogen and oxygen atoms in total. The van der Waals surface area contributed by atoms with E-state index in [9.17, 15) is 28.8 Å². The fraction of sp³-hybridized carbons (Fsp3) is 0.717. The van der Waals surface area contributed by atoms with E-state index in [1.165, 1.54) is 4.90 Å².